The third-order valence-corrected chi connectivity index (χ3v) is 5.81. The lowest BCUT2D eigenvalue weighted by molar-refractivity contribution is 0.0787. The van der Waals surface area contributed by atoms with Gasteiger partial charge >= 0.3 is 0 Å². The molecular formula is C24H21FN6O2. The van der Waals surface area contributed by atoms with E-state index in [-0.39, 0.29) is 23.1 Å². The van der Waals surface area contributed by atoms with Crippen LogP contribution in [0.1, 0.15) is 28.0 Å². The SMILES string of the molecule is O=C(c1cc(Cc2n[nH]c(=O)c3ccccc23)ccc1F)N1CCC(Nc2cccnn2)C1. The van der Waals surface area contributed by atoms with Crippen molar-refractivity contribution in [1.82, 2.24) is 25.3 Å². The zero-order chi connectivity index (χ0) is 22.8. The first-order chi connectivity index (χ1) is 16.1. The number of likely N-dealkylation sites (tertiary alicyclic amines) is 1. The Labute approximate surface area is 188 Å². The molecular weight excluding hydrogens is 423 g/mol. The van der Waals surface area contributed by atoms with Crippen LogP contribution in [0.15, 0.2) is 65.6 Å². The Morgan fingerprint density at radius 1 is 1.15 bits per heavy atom. The van der Waals surface area contributed by atoms with Gasteiger partial charge in [0.25, 0.3) is 11.5 Å². The van der Waals surface area contributed by atoms with Gasteiger partial charge in [-0.2, -0.15) is 10.2 Å². The van der Waals surface area contributed by atoms with Crippen molar-refractivity contribution in [3.63, 3.8) is 0 Å². The minimum Gasteiger partial charge on any atom is -0.364 e. The van der Waals surface area contributed by atoms with Crippen molar-refractivity contribution in [2.24, 2.45) is 0 Å². The number of carbonyl (C=O) groups excluding carboxylic acids is 1. The lowest BCUT2D eigenvalue weighted by Gasteiger charge is -2.18. The fraction of sp³-hybridized carbons (Fsp3) is 0.208. The molecule has 2 aromatic carbocycles. The molecule has 1 saturated heterocycles. The van der Waals surface area contributed by atoms with Gasteiger partial charge in [0.15, 0.2) is 0 Å². The first kappa shape index (κ1) is 20.7. The number of aromatic nitrogens is 4. The summed E-state index contributed by atoms with van der Waals surface area (Å²) in [6.07, 6.45) is 2.68. The molecule has 1 aliphatic heterocycles. The van der Waals surface area contributed by atoms with Crippen molar-refractivity contribution in [2.45, 2.75) is 18.9 Å². The first-order valence-corrected chi connectivity index (χ1v) is 10.7. The second kappa shape index (κ2) is 8.78. The fourth-order valence-corrected chi connectivity index (χ4v) is 4.17. The molecule has 1 unspecified atom stereocenters. The number of halogens is 1. The predicted molar refractivity (Wildman–Crippen MR) is 122 cm³/mol. The zero-order valence-electron chi connectivity index (χ0n) is 17.7. The third-order valence-electron chi connectivity index (χ3n) is 5.81. The molecule has 1 fully saturated rings. The van der Waals surface area contributed by atoms with Gasteiger partial charge in [0.05, 0.1) is 16.6 Å². The Balaban J connectivity index is 1.35. The van der Waals surface area contributed by atoms with Crippen LogP contribution in [0.2, 0.25) is 0 Å². The highest BCUT2D eigenvalue weighted by molar-refractivity contribution is 5.95. The van der Waals surface area contributed by atoms with Gasteiger partial charge < -0.3 is 10.2 Å². The largest absolute Gasteiger partial charge is 0.364 e. The Kier molecular flexibility index (Phi) is 5.52. The van der Waals surface area contributed by atoms with E-state index in [4.69, 9.17) is 0 Å². The number of H-pyrrole nitrogens is 1. The van der Waals surface area contributed by atoms with Crippen molar-refractivity contribution in [2.75, 3.05) is 18.4 Å². The molecule has 2 N–H and O–H groups in total. The van der Waals surface area contributed by atoms with E-state index in [1.54, 1.807) is 41.4 Å². The molecule has 0 aliphatic carbocycles. The molecule has 1 aliphatic rings. The first-order valence-electron chi connectivity index (χ1n) is 10.7. The van der Waals surface area contributed by atoms with Crippen LogP contribution in [0.3, 0.4) is 0 Å². The van der Waals surface area contributed by atoms with Crippen LogP contribution in [0, 0.1) is 5.82 Å². The Bertz CT molecular complexity index is 1370. The number of nitrogens with one attached hydrogen (secondary N) is 2. The van der Waals surface area contributed by atoms with Crippen molar-refractivity contribution in [1.29, 1.82) is 0 Å². The van der Waals surface area contributed by atoms with E-state index in [2.05, 4.69) is 25.7 Å². The summed E-state index contributed by atoms with van der Waals surface area (Å²) in [5.74, 6) is -0.268. The highest BCUT2D eigenvalue weighted by atomic mass is 19.1. The lowest BCUT2D eigenvalue weighted by atomic mass is 10.0. The van der Waals surface area contributed by atoms with Gasteiger partial charge in [-0.25, -0.2) is 9.49 Å². The summed E-state index contributed by atoms with van der Waals surface area (Å²) in [7, 11) is 0. The van der Waals surface area contributed by atoms with Crippen LogP contribution in [-0.2, 0) is 6.42 Å². The number of hydrogen-bond donors (Lipinski definition) is 2. The molecule has 5 rings (SSSR count). The second-order valence-corrected chi connectivity index (χ2v) is 8.03. The van der Waals surface area contributed by atoms with E-state index in [9.17, 15) is 14.0 Å². The van der Waals surface area contributed by atoms with E-state index in [1.807, 2.05) is 18.2 Å². The number of fused-ring (bicyclic) bond motifs is 1. The number of rotatable bonds is 5. The standard InChI is InChI=1S/C24H21FN6O2/c25-20-8-7-15(13-21-17-4-1-2-5-18(17)23(32)30-28-21)12-19(20)24(33)31-11-9-16(14-31)27-22-6-3-10-26-29-22/h1-8,10,12,16H,9,11,13-14H2,(H,27,29)(H,30,32). The predicted octanol–water partition coefficient (Wildman–Crippen LogP) is 2.77. The van der Waals surface area contributed by atoms with Gasteiger partial charge in [0.2, 0.25) is 0 Å². The maximum atomic E-state index is 14.6. The topological polar surface area (TPSA) is 104 Å². The fourth-order valence-electron chi connectivity index (χ4n) is 4.17. The molecule has 0 bridgehead atoms. The van der Waals surface area contributed by atoms with Crippen LogP contribution < -0.4 is 10.9 Å². The maximum Gasteiger partial charge on any atom is 0.272 e. The van der Waals surface area contributed by atoms with E-state index in [0.717, 1.165) is 17.4 Å². The Morgan fingerprint density at radius 2 is 2.00 bits per heavy atom. The van der Waals surface area contributed by atoms with Crippen molar-refractivity contribution in [3.05, 3.63) is 93.8 Å². The summed E-state index contributed by atoms with van der Waals surface area (Å²) < 4.78 is 14.6. The lowest BCUT2D eigenvalue weighted by Crippen LogP contribution is -2.32. The van der Waals surface area contributed by atoms with E-state index in [1.165, 1.54) is 6.07 Å². The van der Waals surface area contributed by atoms with Gasteiger partial charge in [-0.1, -0.05) is 24.3 Å². The molecule has 9 heteroatoms. The summed E-state index contributed by atoms with van der Waals surface area (Å²) >= 11 is 0. The zero-order valence-corrected chi connectivity index (χ0v) is 17.7. The molecule has 33 heavy (non-hydrogen) atoms. The number of benzene rings is 2. The summed E-state index contributed by atoms with van der Waals surface area (Å²) in [6, 6.07) is 15.3. The highest BCUT2D eigenvalue weighted by Crippen LogP contribution is 2.22. The summed E-state index contributed by atoms with van der Waals surface area (Å²) in [5, 5.41) is 19.1. The molecule has 0 spiro atoms. The Morgan fingerprint density at radius 3 is 2.82 bits per heavy atom. The minimum atomic E-state index is -0.562. The molecule has 4 aromatic rings. The van der Waals surface area contributed by atoms with E-state index in [0.29, 0.717) is 36.4 Å². The van der Waals surface area contributed by atoms with Crippen molar-refractivity contribution < 1.29 is 9.18 Å². The molecule has 8 nitrogen and oxygen atoms in total. The van der Waals surface area contributed by atoms with Crippen LogP contribution in [0.25, 0.3) is 10.8 Å². The quantitative estimate of drug-likeness (QED) is 0.491. The molecule has 0 saturated carbocycles. The van der Waals surface area contributed by atoms with Crippen molar-refractivity contribution in [3.8, 4) is 0 Å². The molecule has 0 radical (unpaired) electrons. The number of carbonyl (C=O) groups is 1. The summed E-state index contributed by atoms with van der Waals surface area (Å²) in [5.41, 5.74) is 1.16. The van der Waals surface area contributed by atoms with Gasteiger partial charge in [-0.3, -0.25) is 9.59 Å². The average Bonchev–Trinajstić information content (AvgIpc) is 3.31. The van der Waals surface area contributed by atoms with Crippen LogP contribution in [0.4, 0.5) is 10.2 Å². The molecule has 166 valence electrons. The smallest absolute Gasteiger partial charge is 0.272 e. The summed E-state index contributed by atoms with van der Waals surface area (Å²) in [4.78, 5) is 26.8. The van der Waals surface area contributed by atoms with Gasteiger partial charge in [-0.05, 0) is 42.3 Å². The molecule has 1 amide bonds. The van der Waals surface area contributed by atoms with Crippen LogP contribution in [0.5, 0.6) is 0 Å². The number of hydrogen-bond acceptors (Lipinski definition) is 6. The molecule has 3 heterocycles. The van der Waals surface area contributed by atoms with Gasteiger partial charge in [-0.15, -0.1) is 5.10 Å². The normalized spacial score (nSPS) is 15.7. The average molecular weight is 444 g/mol. The Hall–Kier alpha value is -4.14. The number of anilines is 1. The molecule has 2 aromatic heterocycles. The molecule has 1 atom stereocenters. The number of amides is 1. The van der Waals surface area contributed by atoms with E-state index < -0.39 is 5.82 Å². The monoisotopic (exact) mass is 444 g/mol. The van der Waals surface area contributed by atoms with Crippen LogP contribution >= 0.6 is 0 Å². The van der Waals surface area contributed by atoms with Crippen LogP contribution in [-0.4, -0.2) is 50.3 Å². The van der Waals surface area contributed by atoms with Gasteiger partial charge in [0, 0.05) is 37.1 Å². The summed E-state index contributed by atoms with van der Waals surface area (Å²) in [6.45, 7) is 0.970. The number of aromatic amines is 1. The van der Waals surface area contributed by atoms with E-state index >= 15 is 0 Å². The van der Waals surface area contributed by atoms with Crippen molar-refractivity contribution >= 4 is 22.5 Å². The third kappa shape index (κ3) is 4.30. The second-order valence-electron chi connectivity index (χ2n) is 8.03. The number of nitrogens with zero attached hydrogens (tertiary/aromatic N) is 4. The van der Waals surface area contributed by atoms with Gasteiger partial charge in [0.1, 0.15) is 11.6 Å². The minimum absolute atomic E-state index is 0.0219. The maximum absolute atomic E-state index is 14.6. The highest BCUT2D eigenvalue weighted by Gasteiger charge is 2.28.